The number of aryl methyl sites for hydroxylation is 2. The number of sulfonamides is 1. The number of nitrogens with one attached hydrogen (secondary N) is 2. The van der Waals surface area contributed by atoms with Gasteiger partial charge >= 0.3 is 0 Å². The van der Waals surface area contributed by atoms with Crippen LogP contribution in [0.1, 0.15) is 30.0 Å². The van der Waals surface area contributed by atoms with Crippen molar-refractivity contribution in [2.24, 2.45) is 7.05 Å². The molecule has 0 bridgehead atoms. The van der Waals surface area contributed by atoms with E-state index < -0.39 is 33.2 Å². The van der Waals surface area contributed by atoms with Crippen molar-refractivity contribution in [2.75, 3.05) is 16.3 Å². The summed E-state index contributed by atoms with van der Waals surface area (Å²) in [7, 11) is -2.27. The second kappa shape index (κ2) is 7.01. The minimum atomic E-state index is -3.83. The Labute approximate surface area is 171 Å². The number of aromatic nitrogens is 3. The molecular weight excluding hydrogens is 416 g/mol. The van der Waals surface area contributed by atoms with E-state index in [1.807, 2.05) is 4.72 Å². The lowest BCUT2D eigenvalue weighted by molar-refractivity contribution is 0.568. The SMILES string of the molecule is Cc1c(Nc2c(F)c(NS(C)(=O)=O)nc(C3CC3)c2F)ccc2ncn(C)c(=O)c12. The monoisotopic (exact) mass is 435 g/mol. The van der Waals surface area contributed by atoms with Crippen molar-refractivity contribution in [1.82, 2.24) is 14.5 Å². The van der Waals surface area contributed by atoms with Gasteiger partial charge in [0.05, 0.1) is 29.2 Å². The second-order valence-electron chi connectivity index (χ2n) is 7.41. The topological polar surface area (TPSA) is 106 Å². The van der Waals surface area contributed by atoms with Crippen molar-refractivity contribution in [1.29, 1.82) is 0 Å². The van der Waals surface area contributed by atoms with Gasteiger partial charge < -0.3 is 9.88 Å². The minimum Gasteiger partial charge on any atom is -0.350 e. The van der Waals surface area contributed by atoms with Crippen molar-refractivity contribution in [2.45, 2.75) is 25.7 Å². The first-order valence-electron chi connectivity index (χ1n) is 9.15. The molecular formula is C19H19F2N5O3S. The van der Waals surface area contributed by atoms with Crippen LogP contribution in [0.5, 0.6) is 0 Å². The van der Waals surface area contributed by atoms with Crippen molar-refractivity contribution in [3.05, 3.63) is 51.7 Å². The van der Waals surface area contributed by atoms with E-state index >= 15 is 8.78 Å². The van der Waals surface area contributed by atoms with Crippen LogP contribution in [-0.2, 0) is 17.1 Å². The summed E-state index contributed by atoms with van der Waals surface area (Å²) in [4.78, 5) is 20.6. The van der Waals surface area contributed by atoms with E-state index in [0.29, 0.717) is 35.0 Å². The van der Waals surface area contributed by atoms with E-state index in [1.54, 1.807) is 26.1 Å². The molecule has 0 saturated heterocycles. The largest absolute Gasteiger partial charge is 0.350 e. The molecule has 3 aromatic rings. The highest BCUT2D eigenvalue weighted by molar-refractivity contribution is 7.92. The first-order valence-corrected chi connectivity index (χ1v) is 11.0. The zero-order valence-corrected chi connectivity index (χ0v) is 17.3. The molecule has 11 heteroatoms. The molecule has 1 aromatic carbocycles. The van der Waals surface area contributed by atoms with Crippen LogP contribution in [-0.4, -0.2) is 29.2 Å². The Balaban J connectivity index is 1.88. The van der Waals surface area contributed by atoms with Gasteiger partial charge in [-0.3, -0.25) is 9.52 Å². The molecule has 2 aromatic heterocycles. The van der Waals surface area contributed by atoms with Gasteiger partial charge in [0.2, 0.25) is 10.0 Å². The molecule has 8 nitrogen and oxygen atoms in total. The number of halogens is 2. The second-order valence-corrected chi connectivity index (χ2v) is 9.16. The average molecular weight is 435 g/mol. The summed E-state index contributed by atoms with van der Waals surface area (Å²) in [6.07, 6.45) is 3.62. The predicted octanol–water partition coefficient (Wildman–Crippen LogP) is 2.91. The Morgan fingerprint density at radius 3 is 2.53 bits per heavy atom. The highest BCUT2D eigenvalue weighted by Crippen LogP contribution is 2.43. The number of fused-ring (bicyclic) bond motifs is 1. The van der Waals surface area contributed by atoms with Gasteiger partial charge in [-0.15, -0.1) is 0 Å². The molecule has 1 aliphatic rings. The number of anilines is 3. The van der Waals surface area contributed by atoms with Crippen LogP contribution < -0.4 is 15.6 Å². The Bertz CT molecular complexity index is 1350. The van der Waals surface area contributed by atoms with Crippen LogP contribution in [0.25, 0.3) is 10.9 Å². The predicted molar refractivity (Wildman–Crippen MR) is 110 cm³/mol. The summed E-state index contributed by atoms with van der Waals surface area (Å²) < 4.78 is 56.6. The summed E-state index contributed by atoms with van der Waals surface area (Å²) in [5, 5.41) is 3.01. The number of hydrogen-bond donors (Lipinski definition) is 2. The summed E-state index contributed by atoms with van der Waals surface area (Å²) in [5.74, 6) is -2.81. The molecule has 0 atom stereocenters. The molecule has 1 aliphatic carbocycles. The molecule has 2 heterocycles. The van der Waals surface area contributed by atoms with Crippen molar-refractivity contribution in [3.8, 4) is 0 Å². The number of rotatable bonds is 5. The van der Waals surface area contributed by atoms with Gasteiger partial charge in [-0.1, -0.05) is 0 Å². The highest BCUT2D eigenvalue weighted by Gasteiger charge is 2.33. The molecule has 30 heavy (non-hydrogen) atoms. The minimum absolute atomic E-state index is 0.000993. The fourth-order valence-electron chi connectivity index (χ4n) is 3.26. The molecule has 0 spiro atoms. The third-order valence-corrected chi connectivity index (χ3v) is 5.52. The zero-order valence-electron chi connectivity index (χ0n) is 16.5. The number of pyridine rings is 1. The van der Waals surface area contributed by atoms with E-state index in [0.717, 1.165) is 6.26 Å². The average Bonchev–Trinajstić information content (AvgIpc) is 3.49. The maximum absolute atomic E-state index is 15.1. The van der Waals surface area contributed by atoms with Gasteiger partial charge in [-0.25, -0.2) is 27.2 Å². The lowest BCUT2D eigenvalue weighted by atomic mass is 10.1. The molecule has 0 aliphatic heterocycles. The summed E-state index contributed by atoms with van der Waals surface area (Å²) in [6, 6.07) is 3.13. The molecule has 158 valence electrons. The quantitative estimate of drug-likeness (QED) is 0.638. The molecule has 0 unspecified atom stereocenters. The molecule has 0 amide bonds. The summed E-state index contributed by atoms with van der Waals surface area (Å²) >= 11 is 0. The van der Waals surface area contributed by atoms with Gasteiger partial charge in [-0.2, -0.15) is 0 Å². The molecule has 1 fully saturated rings. The van der Waals surface area contributed by atoms with Crippen molar-refractivity contribution < 1.29 is 17.2 Å². The first-order chi connectivity index (χ1) is 14.1. The number of nitrogens with zero attached hydrogens (tertiary/aromatic N) is 3. The van der Waals surface area contributed by atoms with Gasteiger partial charge in [0, 0.05) is 18.7 Å². The highest BCUT2D eigenvalue weighted by atomic mass is 32.2. The van der Waals surface area contributed by atoms with E-state index in [4.69, 9.17) is 0 Å². The van der Waals surface area contributed by atoms with E-state index in [1.165, 1.54) is 10.9 Å². The first kappa shape index (κ1) is 20.2. The van der Waals surface area contributed by atoms with E-state index in [9.17, 15) is 13.2 Å². The standard InChI is InChI=1S/C19H19F2N5O3S/c1-9-11(6-7-12-13(9)19(27)26(2)8-22-12)23-17-14(20)16(10-4-5-10)24-18(15(17)21)25-30(3,28)29/h6-8,10H,4-5H2,1-3H3,(H2,23,24,25). The Kier molecular flexibility index (Phi) is 4.72. The Hall–Kier alpha value is -3.08. The molecule has 2 N–H and O–H groups in total. The van der Waals surface area contributed by atoms with Gasteiger partial charge in [0.25, 0.3) is 5.56 Å². The smallest absolute Gasteiger partial charge is 0.261 e. The van der Waals surface area contributed by atoms with E-state index in [2.05, 4.69) is 15.3 Å². The van der Waals surface area contributed by atoms with Crippen LogP contribution in [0.15, 0.2) is 23.3 Å². The van der Waals surface area contributed by atoms with Gasteiger partial charge in [0.15, 0.2) is 17.5 Å². The van der Waals surface area contributed by atoms with Gasteiger partial charge in [0.1, 0.15) is 5.69 Å². The van der Waals surface area contributed by atoms with Crippen LogP contribution >= 0.6 is 0 Å². The normalized spacial score (nSPS) is 14.2. The third kappa shape index (κ3) is 3.60. The third-order valence-electron chi connectivity index (χ3n) is 4.96. The lowest BCUT2D eigenvalue weighted by Crippen LogP contribution is -2.18. The zero-order chi connectivity index (χ0) is 21.8. The maximum atomic E-state index is 15.1. The Morgan fingerprint density at radius 1 is 1.20 bits per heavy atom. The van der Waals surface area contributed by atoms with Crippen LogP contribution in [0.4, 0.5) is 26.0 Å². The fourth-order valence-corrected chi connectivity index (χ4v) is 3.75. The molecule has 4 rings (SSSR count). The summed E-state index contributed by atoms with van der Waals surface area (Å²) in [6.45, 7) is 1.64. The van der Waals surface area contributed by atoms with Crippen LogP contribution in [0.3, 0.4) is 0 Å². The van der Waals surface area contributed by atoms with E-state index in [-0.39, 0.29) is 17.2 Å². The van der Waals surface area contributed by atoms with Crippen molar-refractivity contribution >= 4 is 38.1 Å². The number of benzene rings is 1. The van der Waals surface area contributed by atoms with Crippen LogP contribution in [0, 0.1) is 18.6 Å². The van der Waals surface area contributed by atoms with Crippen LogP contribution in [0.2, 0.25) is 0 Å². The molecule has 0 radical (unpaired) electrons. The number of hydrogen-bond acceptors (Lipinski definition) is 6. The lowest BCUT2D eigenvalue weighted by Gasteiger charge is -2.17. The summed E-state index contributed by atoms with van der Waals surface area (Å²) in [5.41, 5.74) is 0.387. The van der Waals surface area contributed by atoms with Gasteiger partial charge in [-0.05, 0) is 37.5 Å². The molecule has 1 saturated carbocycles. The maximum Gasteiger partial charge on any atom is 0.261 e. The fraction of sp³-hybridized carbons (Fsp3) is 0.316. The Morgan fingerprint density at radius 2 is 1.90 bits per heavy atom. The van der Waals surface area contributed by atoms with Crippen molar-refractivity contribution in [3.63, 3.8) is 0 Å².